The molecule has 2 aromatic heterocycles. The molecular formula is C15H23N5OS. The van der Waals surface area contributed by atoms with Gasteiger partial charge in [-0.1, -0.05) is 19.0 Å². The zero-order chi connectivity index (χ0) is 15.5. The summed E-state index contributed by atoms with van der Waals surface area (Å²) >= 11 is 1.67. The number of nitrogens with zero attached hydrogens (tertiary/aromatic N) is 5. The molecule has 0 N–H and O–H groups in total. The van der Waals surface area contributed by atoms with Gasteiger partial charge in [0.25, 0.3) is 0 Å². The van der Waals surface area contributed by atoms with Crippen LogP contribution < -0.4 is 0 Å². The Hall–Kier alpha value is -1.34. The first kappa shape index (κ1) is 15.6. The second-order valence-electron chi connectivity index (χ2n) is 6.44. The summed E-state index contributed by atoms with van der Waals surface area (Å²) in [5.74, 6) is 2.53. The Balaban J connectivity index is 1.61. The SMILES string of the molecule is Cc1nnc(CN2CCCC(c3nc(CC(C)C)no3)C2)s1. The Labute approximate surface area is 134 Å². The minimum Gasteiger partial charge on any atom is -0.339 e. The van der Waals surface area contributed by atoms with Gasteiger partial charge >= 0.3 is 0 Å². The third-order valence-corrected chi connectivity index (χ3v) is 4.68. The number of aromatic nitrogens is 4. The van der Waals surface area contributed by atoms with Gasteiger partial charge in [-0.2, -0.15) is 4.98 Å². The Morgan fingerprint density at radius 3 is 2.95 bits per heavy atom. The molecule has 3 rings (SSSR count). The van der Waals surface area contributed by atoms with Crippen LogP contribution in [-0.4, -0.2) is 38.3 Å². The summed E-state index contributed by atoms with van der Waals surface area (Å²) in [5.41, 5.74) is 0. The maximum atomic E-state index is 5.49. The molecule has 2 aromatic rings. The van der Waals surface area contributed by atoms with Crippen molar-refractivity contribution in [1.29, 1.82) is 0 Å². The van der Waals surface area contributed by atoms with Gasteiger partial charge in [-0.05, 0) is 32.2 Å². The minimum atomic E-state index is 0.344. The lowest BCUT2D eigenvalue weighted by Gasteiger charge is -2.29. The zero-order valence-corrected chi connectivity index (χ0v) is 14.3. The van der Waals surface area contributed by atoms with Crippen LogP contribution in [0.15, 0.2) is 4.52 Å². The number of piperidine rings is 1. The second-order valence-corrected chi connectivity index (χ2v) is 7.70. The molecule has 1 aliphatic heterocycles. The van der Waals surface area contributed by atoms with E-state index in [4.69, 9.17) is 4.52 Å². The maximum Gasteiger partial charge on any atom is 0.231 e. The molecular weight excluding hydrogens is 298 g/mol. The molecule has 1 fully saturated rings. The number of hydrogen-bond donors (Lipinski definition) is 0. The van der Waals surface area contributed by atoms with Gasteiger partial charge in [0, 0.05) is 13.0 Å². The van der Waals surface area contributed by atoms with Crippen molar-refractivity contribution in [2.75, 3.05) is 13.1 Å². The molecule has 0 bridgehead atoms. The molecule has 0 amide bonds. The first-order valence-electron chi connectivity index (χ1n) is 7.94. The number of rotatable bonds is 5. The van der Waals surface area contributed by atoms with Crippen LogP contribution in [0.3, 0.4) is 0 Å². The maximum absolute atomic E-state index is 5.49. The summed E-state index contributed by atoms with van der Waals surface area (Å²) in [6, 6.07) is 0. The lowest BCUT2D eigenvalue weighted by molar-refractivity contribution is 0.179. The van der Waals surface area contributed by atoms with Crippen molar-refractivity contribution in [3.63, 3.8) is 0 Å². The highest BCUT2D eigenvalue weighted by atomic mass is 32.1. The molecule has 0 aliphatic carbocycles. The highest BCUT2D eigenvalue weighted by Crippen LogP contribution is 2.27. The Bertz CT molecular complexity index is 609. The smallest absolute Gasteiger partial charge is 0.231 e. The molecule has 1 aliphatic rings. The van der Waals surface area contributed by atoms with Crippen molar-refractivity contribution >= 4 is 11.3 Å². The van der Waals surface area contributed by atoms with Gasteiger partial charge in [-0.15, -0.1) is 21.5 Å². The summed E-state index contributed by atoms with van der Waals surface area (Å²) in [6.07, 6.45) is 3.16. The highest BCUT2D eigenvalue weighted by Gasteiger charge is 2.26. The van der Waals surface area contributed by atoms with Crippen molar-refractivity contribution in [2.45, 2.75) is 52.5 Å². The molecule has 0 radical (unpaired) electrons. The van der Waals surface area contributed by atoms with Gasteiger partial charge < -0.3 is 4.52 Å². The Kier molecular flexibility index (Phi) is 4.83. The molecule has 3 heterocycles. The van der Waals surface area contributed by atoms with E-state index in [2.05, 4.69) is 39.1 Å². The summed E-state index contributed by atoms with van der Waals surface area (Å²) in [7, 11) is 0. The van der Waals surface area contributed by atoms with Gasteiger partial charge in [-0.25, -0.2) is 0 Å². The fourth-order valence-corrected chi connectivity index (χ4v) is 3.63. The van der Waals surface area contributed by atoms with E-state index in [1.165, 1.54) is 0 Å². The van der Waals surface area contributed by atoms with Crippen LogP contribution in [0.25, 0.3) is 0 Å². The summed E-state index contributed by atoms with van der Waals surface area (Å²) in [6.45, 7) is 9.26. The van der Waals surface area contributed by atoms with E-state index in [9.17, 15) is 0 Å². The van der Waals surface area contributed by atoms with Crippen LogP contribution >= 0.6 is 11.3 Å². The molecule has 0 saturated carbocycles. The molecule has 1 unspecified atom stereocenters. The standard InChI is InChI=1S/C15H23N5OS/c1-10(2)7-13-16-15(21-19-13)12-5-4-6-20(8-12)9-14-18-17-11(3)22-14/h10,12H,4-9H2,1-3H3. The van der Waals surface area contributed by atoms with Gasteiger partial charge in [0.05, 0.1) is 12.5 Å². The van der Waals surface area contributed by atoms with Crippen molar-refractivity contribution < 1.29 is 4.52 Å². The Morgan fingerprint density at radius 2 is 2.23 bits per heavy atom. The molecule has 7 heteroatoms. The van der Waals surface area contributed by atoms with Crippen LogP contribution in [0.5, 0.6) is 0 Å². The van der Waals surface area contributed by atoms with Gasteiger partial charge in [0.1, 0.15) is 10.0 Å². The zero-order valence-electron chi connectivity index (χ0n) is 13.4. The third kappa shape index (κ3) is 3.89. The monoisotopic (exact) mass is 321 g/mol. The molecule has 0 aromatic carbocycles. The lowest BCUT2D eigenvalue weighted by atomic mass is 9.98. The Morgan fingerprint density at radius 1 is 1.36 bits per heavy atom. The molecule has 1 saturated heterocycles. The number of hydrogen-bond acceptors (Lipinski definition) is 7. The predicted octanol–water partition coefficient (Wildman–Crippen LogP) is 2.81. The van der Waals surface area contributed by atoms with E-state index in [0.29, 0.717) is 11.8 Å². The van der Waals surface area contributed by atoms with Crippen LogP contribution in [0.2, 0.25) is 0 Å². The van der Waals surface area contributed by atoms with Crippen LogP contribution in [-0.2, 0) is 13.0 Å². The van der Waals surface area contributed by atoms with E-state index in [1.54, 1.807) is 11.3 Å². The van der Waals surface area contributed by atoms with Crippen molar-refractivity contribution in [3.05, 3.63) is 21.7 Å². The fourth-order valence-electron chi connectivity index (χ4n) is 2.87. The van der Waals surface area contributed by atoms with Crippen LogP contribution in [0, 0.1) is 12.8 Å². The van der Waals surface area contributed by atoms with E-state index in [1.807, 2.05) is 6.92 Å². The molecule has 120 valence electrons. The average Bonchev–Trinajstić information content (AvgIpc) is 3.08. The number of aryl methyl sites for hydroxylation is 1. The van der Waals surface area contributed by atoms with E-state index in [0.717, 1.165) is 60.6 Å². The van der Waals surface area contributed by atoms with E-state index in [-0.39, 0.29) is 0 Å². The minimum absolute atomic E-state index is 0.344. The van der Waals surface area contributed by atoms with E-state index < -0.39 is 0 Å². The summed E-state index contributed by atoms with van der Waals surface area (Å²) in [5, 5.41) is 14.5. The molecule has 1 atom stereocenters. The topological polar surface area (TPSA) is 67.9 Å². The predicted molar refractivity (Wildman–Crippen MR) is 84.7 cm³/mol. The number of likely N-dealkylation sites (tertiary alicyclic amines) is 1. The van der Waals surface area contributed by atoms with Crippen LogP contribution in [0.4, 0.5) is 0 Å². The molecule has 6 nitrogen and oxygen atoms in total. The quantitative estimate of drug-likeness (QED) is 0.843. The first-order chi connectivity index (χ1) is 10.6. The highest BCUT2D eigenvalue weighted by molar-refractivity contribution is 7.11. The summed E-state index contributed by atoms with van der Waals surface area (Å²) in [4.78, 5) is 7.01. The van der Waals surface area contributed by atoms with Gasteiger partial charge in [0.15, 0.2) is 5.82 Å². The average molecular weight is 321 g/mol. The largest absolute Gasteiger partial charge is 0.339 e. The molecule has 0 spiro atoms. The summed E-state index contributed by atoms with van der Waals surface area (Å²) < 4.78 is 5.49. The normalized spacial score (nSPS) is 19.9. The fraction of sp³-hybridized carbons (Fsp3) is 0.733. The van der Waals surface area contributed by atoms with Crippen molar-refractivity contribution in [2.24, 2.45) is 5.92 Å². The molecule has 22 heavy (non-hydrogen) atoms. The van der Waals surface area contributed by atoms with Crippen molar-refractivity contribution in [3.8, 4) is 0 Å². The van der Waals surface area contributed by atoms with Gasteiger partial charge in [0.2, 0.25) is 5.89 Å². The van der Waals surface area contributed by atoms with E-state index >= 15 is 0 Å². The van der Waals surface area contributed by atoms with Gasteiger partial charge in [-0.3, -0.25) is 4.90 Å². The first-order valence-corrected chi connectivity index (χ1v) is 8.75. The van der Waals surface area contributed by atoms with Crippen LogP contribution in [0.1, 0.15) is 54.3 Å². The van der Waals surface area contributed by atoms with Crippen molar-refractivity contribution in [1.82, 2.24) is 25.2 Å². The lowest BCUT2D eigenvalue weighted by Crippen LogP contribution is -2.34. The second kappa shape index (κ2) is 6.83. The third-order valence-electron chi connectivity index (χ3n) is 3.86.